The highest BCUT2D eigenvalue weighted by Gasteiger charge is 2.53. The first-order valence-corrected chi connectivity index (χ1v) is 10.8. The summed E-state index contributed by atoms with van der Waals surface area (Å²) in [5, 5.41) is 9.65. The highest BCUT2D eigenvalue weighted by Crippen LogP contribution is 2.38. The first kappa shape index (κ1) is 24.5. The fourth-order valence-electron chi connectivity index (χ4n) is 3.71. The highest BCUT2D eigenvalue weighted by molar-refractivity contribution is 7.88. The summed E-state index contributed by atoms with van der Waals surface area (Å²) in [5.74, 6) is -3.24. The molecular formula is C17H21F3N4O6S. The van der Waals surface area contributed by atoms with Gasteiger partial charge in [0, 0.05) is 44.1 Å². The van der Waals surface area contributed by atoms with Crippen LogP contribution in [0.5, 0.6) is 0 Å². The van der Waals surface area contributed by atoms with Crippen LogP contribution in [0.3, 0.4) is 0 Å². The number of aromatic nitrogens is 1. The summed E-state index contributed by atoms with van der Waals surface area (Å²) in [6.45, 7) is 0.748. The van der Waals surface area contributed by atoms with E-state index in [2.05, 4.69) is 10.3 Å². The second kappa shape index (κ2) is 9.18. The number of nitrogens with zero attached hydrogens (tertiary/aromatic N) is 3. The van der Waals surface area contributed by atoms with Gasteiger partial charge in [0.25, 0.3) is 5.91 Å². The first-order valence-electron chi connectivity index (χ1n) is 8.96. The lowest BCUT2D eigenvalue weighted by atomic mass is 10.0. The van der Waals surface area contributed by atoms with E-state index in [4.69, 9.17) is 9.90 Å². The molecule has 2 aliphatic rings. The number of carbonyl (C=O) groups excluding carboxylic acids is 2. The molecule has 3 atom stereocenters. The molecular weight excluding hydrogens is 445 g/mol. The Balaban J connectivity index is 0.000000423. The molecule has 2 amide bonds. The molecule has 31 heavy (non-hydrogen) atoms. The summed E-state index contributed by atoms with van der Waals surface area (Å²) in [5.41, 5.74) is 0.527. The number of alkyl halides is 3. The van der Waals surface area contributed by atoms with Crippen LogP contribution in [0.15, 0.2) is 24.5 Å². The van der Waals surface area contributed by atoms with E-state index >= 15 is 0 Å². The van der Waals surface area contributed by atoms with Crippen molar-refractivity contribution >= 4 is 27.8 Å². The smallest absolute Gasteiger partial charge is 0.475 e. The highest BCUT2D eigenvalue weighted by atomic mass is 32.2. The van der Waals surface area contributed by atoms with Crippen molar-refractivity contribution in [2.45, 2.75) is 24.7 Å². The van der Waals surface area contributed by atoms with E-state index in [0.29, 0.717) is 25.1 Å². The summed E-state index contributed by atoms with van der Waals surface area (Å²) in [4.78, 5) is 39.0. The minimum atomic E-state index is -5.08. The van der Waals surface area contributed by atoms with E-state index in [9.17, 15) is 31.2 Å². The average Bonchev–Trinajstić information content (AvgIpc) is 3.24. The molecule has 0 radical (unpaired) electrons. The summed E-state index contributed by atoms with van der Waals surface area (Å²) in [6.07, 6.45) is -0.445. The van der Waals surface area contributed by atoms with Crippen LogP contribution >= 0.6 is 0 Å². The van der Waals surface area contributed by atoms with E-state index in [1.165, 1.54) is 11.4 Å². The van der Waals surface area contributed by atoms with Crippen molar-refractivity contribution in [2.24, 2.45) is 5.92 Å². The van der Waals surface area contributed by atoms with Crippen LogP contribution in [-0.4, -0.2) is 90.2 Å². The molecule has 0 unspecified atom stereocenters. The molecule has 2 saturated heterocycles. The quantitative estimate of drug-likeness (QED) is 0.637. The molecule has 2 aliphatic heterocycles. The maximum Gasteiger partial charge on any atom is 0.490 e. The van der Waals surface area contributed by atoms with Gasteiger partial charge < -0.3 is 15.3 Å². The number of rotatable bonds is 3. The third-order valence-corrected chi connectivity index (χ3v) is 6.25. The zero-order valence-corrected chi connectivity index (χ0v) is 17.4. The zero-order valence-electron chi connectivity index (χ0n) is 16.5. The van der Waals surface area contributed by atoms with Gasteiger partial charge in [0.15, 0.2) is 0 Å². The molecule has 2 N–H and O–H groups in total. The molecule has 3 rings (SSSR count). The second-order valence-electron chi connectivity index (χ2n) is 7.04. The number of sulfonamides is 1. The Hall–Kier alpha value is -2.74. The molecule has 0 aromatic carbocycles. The Labute approximate surface area is 176 Å². The molecule has 0 bridgehead atoms. The van der Waals surface area contributed by atoms with Gasteiger partial charge in [-0.25, -0.2) is 13.2 Å². The minimum absolute atomic E-state index is 0.0344. The molecule has 1 aromatic heterocycles. The van der Waals surface area contributed by atoms with Gasteiger partial charge >= 0.3 is 12.1 Å². The molecule has 14 heteroatoms. The van der Waals surface area contributed by atoms with Gasteiger partial charge in [0.05, 0.1) is 6.26 Å². The molecule has 0 saturated carbocycles. The van der Waals surface area contributed by atoms with Gasteiger partial charge in [-0.15, -0.1) is 0 Å². The van der Waals surface area contributed by atoms with Crippen LogP contribution in [0.1, 0.15) is 16.8 Å². The number of hydrogen-bond donors (Lipinski definition) is 2. The molecule has 0 aliphatic carbocycles. The number of hydrogen-bond acceptors (Lipinski definition) is 6. The van der Waals surface area contributed by atoms with Crippen LogP contribution in [0.25, 0.3) is 0 Å². The molecule has 10 nitrogen and oxygen atoms in total. The van der Waals surface area contributed by atoms with Crippen LogP contribution in [-0.2, 0) is 19.6 Å². The van der Waals surface area contributed by atoms with Gasteiger partial charge in [-0.3, -0.25) is 14.6 Å². The van der Waals surface area contributed by atoms with Crippen molar-refractivity contribution in [1.29, 1.82) is 0 Å². The van der Waals surface area contributed by atoms with Crippen LogP contribution in [0.4, 0.5) is 13.2 Å². The van der Waals surface area contributed by atoms with Gasteiger partial charge in [-0.2, -0.15) is 17.5 Å². The fraction of sp³-hybridized carbons (Fsp3) is 0.529. The number of amides is 2. The number of likely N-dealkylation sites (N-methyl/N-ethyl adjacent to an activating group) is 1. The Morgan fingerprint density at radius 3 is 2.19 bits per heavy atom. The van der Waals surface area contributed by atoms with E-state index in [-0.39, 0.29) is 23.8 Å². The van der Waals surface area contributed by atoms with Crippen molar-refractivity contribution in [2.75, 3.05) is 26.4 Å². The monoisotopic (exact) mass is 466 g/mol. The van der Waals surface area contributed by atoms with Crippen molar-refractivity contribution in [3.8, 4) is 0 Å². The summed E-state index contributed by atoms with van der Waals surface area (Å²) in [7, 11) is -2.05. The normalized spacial score (nSPS) is 23.5. The number of nitrogens with one attached hydrogen (secondary N) is 1. The van der Waals surface area contributed by atoms with Crippen molar-refractivity contribution in [3.63, 3.8) is 0 Å². The molecule has 0 spiro atoms. The minimum Gasteiger partial charge on any atom is -0.475 e. The summed E-state index contributed by atoms with van der Waals surface area (Å²) < 4.78 is 57.4. The molecule has 1 aromatic rings. The topological polar surface area (TPSA) is 137 Å². The summed E-state index contributed by atoms with van der Waals surface area (Å²) in [6, 6.07) is 2.22. The number of pyridine rings is 1. The standard InChI is InChI=1S/C15H20N4O4S.C2HF3O2/c1-16-14(20)12-7-11-8-18(9-13(11)19(12)24(2,22)23)15(21)10-3-5-17-6-4-10;3-2(4,5)1(6)7/h3-6,11-13H,7-9H2,1-2H3,(H,16,20);(H,6,7)/t11-,12-,13+;/m1./s1. The third-order valence-electron chi connectivity index (χ3n) is 4.96. The average molecular weight is 466 g/mol. The Bertz CT molecular complexity index is 941. The van der Waals surface area contributed by atoms with Crippen molar-refractivity contribution in [3.05, 3.63) is 30.1 Å². The number of halogens is 3. The lowest BCUT2D eigenvalue weighted by Crippen LogP contribution is -2.49. The zero-order chi connectivity index (χ0) is 23.6. The van der Waals surface area contributed by atoms with Crippen LogP contribution < -0.4 is 5.32 Å². The Morgan fingerprint density at radius 1 is 1.19 bits per heavy atom. The van der Waals surface area contributed by atoms with E-state index in [1.807, 2.05) is 0 Å². The second-order valence-corrected chi connectivity index (χ2v) is 8.92. The first-order chi connectivity index (χ1) is 14.3. The number of carbonyl (C=O) groups is 3. The van der Waals surface area contributed by atoms with Gasteiger partial charge in [0.1, 0.15) is 6.04 Å². The number of aliphatic carboxylic acids is 1. The number of carboxylic acids is 1. The fourth-order valence-corrected chi connectivity index (χ4v) is 5.08. The SMILES string of the molecule is CNC(=O)[C@H]1C[C@@H]2CN(C(=O)c3ccncc3)C[C@@H]2N1S(C)(=O)=O.O=C(O)C(F)(F)F. The Morgan fingerprint density at radius 2 is 1.74 bits per heavy atom. The van der Waals surface area contributed by atoms with E-state index in [0.717, 1.165) is 6.26 Å². The van der Waals surface area contributed by atoms with Crippen LogP contribution in [0, 0.1) is 5.92 Å². The van der Waals surface area contributed by atoms with Crippen molar-refractivity contribution in [1.82, 2.24) is 19.5 Å². The number of fused-ring (bicyclic) bond motifs is 1. The maximum atomic E-state index is 12.6. The molecule has 172 valence electrons. The van der Waals surface area contributed by atoms with Gasteiger partial charge in [-0.05, 0) is 24.5 Å². The molecule has 3 heterocycles. The van der Waals surface area contributed by atoms with Gasteiger partial charge in [0.2, 0.25) is 15.9 Å². The van der Waals surface area contributed by atoms with Crippen LogP contribution in [0.2, 0.25) is 0 Å². The number of likely N-dealkylation sites (tertiary alicyclic amines) is 1. The number of carboxylic acid groups (broad SMARTS) is 1. The Kier molecular flexibility index (Phi) is 7.26. The lowest BCUT2D eigenvalue weighted by Gasteiger charge is -2.27. The predicted molar refractivity (Wildman–Crippen MR) is 100 cm³/mol. The van der Waals surface area contributed by atoms with Gasteiger partial charge in [-0.1, -0.05) is 0 Å². The van der Waals surface area contributed by atoms with Crippen molar-refractivity contribution < 1.29 is 41.1 Å². The maximum absolute atomic E-state index is 12.6. The largest absolute Gasteiger partial charge is 0.490 e. The van der Waals surface area contributed by atoms with E-state index < -0.39 is 28.2 Å². The predicted octanol–water partition coefficient (Wildman–Crippen LogP) is -0.0646. The summed E-state index contributed by atoms with van der Waals surface area (Å²) >= 11 is 0. The molecule has 2 fully saturated rings. The lowest BCUT2D eigenvalue weighted by molar-refractivity contribution is -0.192. The third kappa shape index (κ3) is 5.70. The van der Waals surface area contributed by atoms with E-state index in [1.54, 1.807) is 29.4 Å².